The van der Waals surface area contributed by atoms with Crippen LogP contribution in [0.25, 0.3) is 0 Å². The summed E-state index contributed by atoms with van der Waals surface area (Å²) in [5.74, 6) is -3.27. The largest absolute Gasteiger partial charge is 0.481 e. The second kappa shape index (κ2) is 7.04. The summed E-state index contributed by atoms with van der Waals surface area (Å²) in [4.78, 5) is 21.4. The van der Waals surface area contributed by atoms with Crippen molar-refractivity contribution in [1.29, 1.82) is 0 Å². The molecule has 0 aliphatic heterocycles. The Bertz CT molecular complexity index is 245. The summed E-state index contributed by atoms with van der Waals surface area (Å²) in [5.41, 5.74) is -0.223. The van der Waals surface area contributed by atoms with Crippen LogP contribution in [-0.2, 0) is 9.59 Å². The van der Waals surface area contributed by atoms with Gasteiger partial charge in [-0.1, -0.05) is 39.2 Å². The summed E-state index contributed by atoms with van der Waals surface area (Å²) in [5, 5.41) is 17.5. The fraction of sp³-hybridized carbons (Fsp3) is 0.636. The van der Waals surface area contributed by atoms with Gasteiger partial charge >= 0.3 is 11.9 Å². The highest BCUT2D eigenvalue weighted by atomic mass is 16.4. The van der Waals surface area contributed by atoms with Crippen LogP contribution in [0.4, 0.5) is 0 Å². The molecule has 2 N–H and O–H groups in total. The Morgan fingerprint density at radius 1 is 1.20 bits per heavy atom. The van der Waals surface area contributed by atoms with Gasteiger partial charge in [0.05, 0.1) is 5.92 Å². The Balaban J connectivity index is 4.12. The van der Waals surface area contributed by atoms with Gasteiger partial charge in [0.2, 0.25) is 0 Å². The third kappa shape index (κ3) is 5.20. The maximum atomic E-state index is 10.8. The molecule has 15 heavy (non-hydrogen) atoms. The maximum Gasteiger partial charge on any atom is 0.331 e. The van der Waals surface area contributed by atoms with E-state index in [1.807, 2.05) is 0 Å². The lowest BCUT2D eigenvalue weighted by atomic mass is 9.94. The van der Waals surface area contributed by atoms with Crippen LogP contribution in [0.5, 0.6) is 0 Å². The third-order valence-electron chi connectivity index (χ3n) is 2.34. The molecule has 0 bridgehead atoms. The van der Waals surface area contributed by atoms with Crippen molar-refractivity contribution in [3.63, 3.8) is 0 Å². The van der Waals surface area contributed by atoms with Gasteiger partial charge in [0.25, 0.3) is 0 Å². The van der Waals surface area contributed by atoms with Gasteiger partial charge < -0.3 is 10.2 Å². The van der Waals surface area contributed by atoms with E-state index in [1.54, 1.807) is 0 Å². The van der Waals surface area contributed by atoms with Crippen LogP contribution in [0.3, 0.4) is 0 Å². The van der Waals surface area contributed by atoms with Crippen molar-refractivity contribution in [2.24, 2.45) is 5.92 Å². The summed E-state index contributed by atoms with van der Waals surface area (Å²) < 4.78 is 0. The summed E-state index contributed by atoms with van der Waals surface area (Å²) in [6, 6.07) is 0. The molecule has 4 heteroatoms. The fourth-order valence-corrected chi connectivity index (χ4v) is 1.37. The lowest BCUT2D eigenvalue weighted by Crippen LogP contribution is -2.20. The molecule has 0 fully saturated rings. The van der Waals surface area contributed by atoms with Crippen molar-refractivity contribution in [3.8, 4) is 0 Å². The average Bonchev–Trinajstić information content (AvgIpc) is 2.16. The van der Waals surface area contributed by atoms with Crippen LogP contribution in [0.15, 0.2) is 12.2 Å². The first-order chi connectivity index (χ1) is 7.00. The maximum absolute atomic E-state index is 10.8. The molecule has 0 aromatic carbocycles. The molecule has 0 rings (SSSR count). The number of rotatable bonds is 8. The van der Waals surface area contributed by atoms with Crippen molar-refractivity contribution in [2.45, 2.75) is 39.0 Å². The van der Waals surface area contributed by atoms with Crippen molar-refractivity contribution < 1.29 is 19.8 Å². The van der Waals surface area contributed by atoms with E-state index in [0.29, 0.717) is 6.42 Å². The van der Waals surface area contributed by atoms with Crippen LogP contribution in [0.1, 0.15) is 39.0 Å². The number of carbonyl (C=O) groups is 2. The Kier molecular flexibility index (Phi) is 6.42. The lowest BCUT2D eigenvalue weighted by molar-refractivity contribution is -0.144. The summed E-state index contributed by atoms with van der Waals surface area (Å²) in [6.45, 7) is 5.35. The molecule has 0 aliphatic carbocycles. The van der Waals surface area contributed by atoms with Crippen molar-refractivity contribution in [2.75, 3.05) is 0 Å². The second-order valence-corrected chi connectivity index (χ2v) is 3.57. The Hall–Kier alpha value is -1.32. The van der Waals surface area contributed by atoms with Crippen molar-refractivity contribution in [3.05, 3.63) is 12.2 Å². The van der Waals surface area contributed by atoms with Gasteiger partial charge in [0, 0.05) is 5.57 Å². The molecule has 0 saturated carbocycles. The zero-order chi connectivity index (χ0) is 11.8. The van der Waals surface area contributed by atoms with Gasteiger partial charge in [-0.25, -0.2) is 4.79 Å². The first-order valence-corrected chi connectivity index (χ1v) is 5.15. The average molecular weight is 214 g/mol. The molecular formula is C11H18O4. The van der Waals surface area contributed by atoms with Gasteiger partial charge in [0.15, 0.2) is 0 Å². The highest BCUT2D eigenvalue weighted by Crippen LogP contribution is 2.18. The number of hydrogen-bond acceptors (Lipinski definition) is 2. The number of carboxylic acid groups (broad SMARTS) is 2. The molecule has 0 spiro atoms. The molecule has 0 aromatic heterocycles. The SMILES string of the molecule is C=C(C(=O)O)[C@@H](CCCCCC)C(=O)O. The van der Waals surface area contributed by atoms with E-state index in [9.17, 15) is 9.59 Å². The van der Waals surface area contributed by atoms with Crippen LogP contribution in [0, 0.1) is 5.92 Å². The van der Waals surface area contributed by atoms with Crippen molar-refractivity contribution >= 4 is 11.9 Å². The molecule has 86 valence electrons. The van der Waals surface area contributed by atoms with Crippen LogP contribution in [0.2, 0.25) is 0 Å². The van der Waals surface area contributed by atoms with E-state index in [2.05, 4.69) is 13.5 Å². The predicted molar refractivity (Wildman–Crippen MR) is 56.7 cm³/mol. The fourth-order valence-electron chi connectivity index (χ4n) is 1.37. The van der Waals surface area contributed by atoms with Gasteiger partial charge in [-0.15, -0.1) is 0 Å². The molecule has 0 aromatic rings. The van der Waals surface area contributed by atoms with Crippen molar-refractivity contribution in [1.82, 2.24) is 0 Å². The molecule has 0 heterocycles. The Labute approximate surface area is 89.6 Å². The van der Waals surface area contributed by atoms with Crippen LogP contribution in [-0.4, -0.2) is 22.2 Å². The van der Waals surface area contributed by atoms with Gasteiger partial charge in [-0.2, -0.15) is 0 Å². The standard InChI is InChI=1S/C11H18O4/c1-3-4-5-6-7-9(11(14)15)8(2)10(12)13/h9H,2-7H2,1H3,(H,12,13)(H,14,15)/t9-/m1/s1. The molecular weight excluding hydrogens is 196 g/mol. The molecule has 0 radical (unpaired) electrons. The third-order valence-corrected chi connectivity index (χ3v) is 2.34. The van der Waals surface area contributed by atoms with E-state index >= 15 is 0 Å². The number of aliphatic carboxylic acids is 2. The van der Waals surface area contributed by atoms with E-state index in [1.165, 1.54) is 0 Å². The monoisotopic (exact) mass is 214 g/mol. The number of unbranched alkanes of at least 4 members (excludes halogenated alkanes) is 3. The van der Waals surface area contributed by atoms with Gasteiger partial charge in [-0.05, 0) is 6.42 Å². The molecule has 0 saturated heterocycles. The lowest BCUT2D eigenvalue weighted by Gasteiger charge is -2.11. The first-order valence-electron chi connectivity index (χ1n) is 5.15. The summed E-state index contributed by atoms with van der Waals surface area (Å²) in [7, 11) is 0. The summed E-state index contributed by atoms with van der Waals surface area (Å²) >= 11 is 0. The minimum absolute atomic E-state index is 0.223. The van der Waals surface area contributed by atoms with Crippen LogP contribution >= 0.6 is 0 Å². The minimum Gasteiger partial charge on any atom is -0.481 e. The first kappa shape index (κ1) is 13.7. The highest BCUT2D eigenvalue weighted by Gasteiger charge is 2.24. The number of carboxylic acids is 2. The van der Waals surface area contributed by atoms with E-state index < -0.39 is 17.9 Å². The Morgan fingerprint density at radius 3 is 2.20 bits per heavy atom. The zero-order valence-corrected chi connectivity index (χ0v) is 9.03. The quantitative estimate of drug-likeness (QED) is 0.480. The molecule has 0 aliphatic rings. The molecule has 0 amide bonds. The minimum atomic E-state index is -1.22. The Morgan fingerprint density at radius 2 is 1.80 bits per heavy atom. The van der Waals surface area contributed by atoms with Gasteiger partial charge in [0.1, 0.15) is 0 Å². The van der Waals surface area contributed by atoms with E-state index in [-0.39, 0.29) is 5.57 Å². The van der Waals surface area contributed by atoms with E-state index in [0.717, 1.165) is 25.7 Å². The molecule has 0 unspecified atom stereocenters. The smallest absolute Gasteiger partial charge is 0.331 e. The highest BCUT2D eigenvalue weighted by molar-refractivity contribution is 5.93. The normalized spacial score (nSPS) is 12.1. The number of hydrogen-bond donors (Lipinski definition) is 2. The van der Waals surface area contributed by atoms with E-state index in [4.69, 9.17) is 10.2 Å². The van der Waals surface area contributed by atoms with Gasteiger partial charge in [-0.3, -0.25) is 4.79 Å². The topological polar surface area (TPSA) is 74.6 Å². The second-order valence-electron chi connectivity index (χ2n) is 3.57. The summed E-state index contributed by atoms with van der Waals surface area (Å²) in [6.07, 6.45) is 4.15. The van der Waals surface area contributed by atoms with Crippen LogP contribution < -0.4 is 0 Å². The molecule has 4 nitrogen and oxygen atoms in total. The molecule has 1 atom stereocenters. The predicted octanol–water partition coefficient (Wildman–Crippen LogP) is 2.30. The zero-order valence-electron chi connectivity index (χ0n) is 9.03.